The minimum Gasteiger partial charge on any atom is -0.493 e. The molecule has 0 radical (unpaired) electrons. The van der Waals surface area contributed by atoms with Crippen LogP contribution in [0.15, 0.2) is 30.3 Å². The Morgan fingerprint density at radius 2 is 1.68 bits per heavy atom. The molecule has 8 nitrogen and oxygen atoms in total. The van der Waals surface area contributed by atoms with Crippen LogP contribution in [0, 0.1) is 0 Å². The maximum Gasteiger partial charge on any atom is 0.165 e. The second-order valence-corrected chi connectivity index (χ2v) is 7.39. The molecule has 1 heterocycles. The molecule has 8 heteroatoms. The predicted molar refractivity (Wildman–Crippen MR) is 113 cm³/mol. The third-order valence-electron chi connectivity index (χ3n) is 5.41. The van der Waals surface area contributed by atoms with Gasteiger partial charge in [0.15, 0.2) is 23.0 Å². The third kappa shape index (κ3) is 4.88. The van der Waals surface area contributed by atoms with Crippen molar-refractivity contribution in [3.8, 4) is 23.0 Å². The molecular weight excluding hydrogens is 404 g/mol. The lowest BCUT2D eigenvalue weighted by atomic mass is 9.90. The van der Waals surface area contributed by atoms with Gasteiger partial charge in [-0.3, -0.25) is 0 Å². The normalized spacial score (nSPS) is 17.4. The first kappa shape index (κ1) is 23.1. The molecule has 2 aromatic rings. The Kier molecular flexibility index (Phi) is 7.97. The van der Waals surface area contributed by atoms with E-state index in [0.29, 0.717) is 35.8 Å². The van der Waals surface area contributed by atoms with E-state index >= 15 is 0 Å². The van der Waals surface area contributed by atoms with Gasteiger partial charge in [0, 0.05) is 12.2 Å². The number of rotatable bonds is 11. The highest BCUT2D eigenvalue weighted by molar-refractivity contribution is 5.56. The van der Waals surface area contributed by atoms with Gasteiger partial charge in [0.05, 0.1) is 40.0 Å². The zero-order chi connectivity index (χ0) is 22.4. The van der Waals surface area contributed by atoms with Gasteiger partial charge in [-0.1, -0.05) is 12.1 Å². The molecule has 1 aliphatic heterocycles. The molecule has 0 aromatic heterocycles. The minimum absolute atomic E-state index is 0.101. The summed E-state index contributed by atoms with van der Waals surface area (Å²) in [4.78, 5) is 0. The van der Waals surface area contributed by atoms with Crippen LogP contribution in [0.3, 0.4) is 0 Å². The quantitative estimate of drug-likeness (QED) is 0.421. The van der Waals surface area contributed by atoms with Gasteiger partial charge in [0.2, 0.25) is 0 Å². The first-order chi connectivity index (χ1) is 15.1. The fraction of sp³-hybridized carbons (Fsp3) is 0.478. The predicted octanol–water partition coefficient (Wildman–Crippen LogP) is 1.57. The number of ether oxygens (including phenoxy) is 4. The molecule has 0 fully saturated rings. The topological polar surface area (TPSA) is 118 Å². The van der Waals surface area contributed by atoms with Crippen molar-refractivity contribution in [3.05, 3.63) is 47.0 Å². The summed E-state index contributed by atoms with van der Waals surface area (Å²) in [5, 5.41) is 37.9. The zero-order valence-corrected chi connectivity index (χ0v) is 17.8. The highest BCUT2D eigenvalue weighted by Gasteiger charge is 2.38. The van der Waals surface area contributed by atoms with E-state index in [1.54, 1.807) is 19.2 Å². The Bertz CT molecular complexity index is 865. The van der Waals surface area contributed by atoms with E-state index in [4.69, 9.17) is 24.1 Å². The lowest BCUT2D eigenvalue weighted by Crippen LogP contribution is -2.25. The van der Waals surface area contributed by atoms with Gasteiger partial charge in [-0.2, -0.15) is 0 Å². The molecule has 2 atom stereocenters. The summed E-state index contributed by atoms with van der Waals surface area (Å²) in [6.07, 6.45) is 0.117. The van der Waals surface area contributed by atoms with Crippen LogP contribution in [0.1, 0.15) is 35.1 Å². The summed E-state index contributed by atoms with van der Waals surface area (Å²) in [6.45, 7) is -0.674. The van der Waals surface area contributed by atoms with Crippen molar-refractivity contribution in [1.82, 2.24) is 0 Å². The monoisotopic (exact) mass is 434 g/mol. The number of aliphatic hydroxyl groups excluding tert-OH is 4. The van der Waals surface area contributed by atoms with Gasteiger partial charge < -0.3 is 39.4 Å². The minimum atomic E-state index is -0.751. The molecule has 170 valence electrons. The first-order valence-corrected chi connectivity index (χ1v) is 10.3. The SMILES string of the molecule is COc1cc(C2Oc3c(OC)cc(CCCO)cc3C2CO)ccc1OC(CO)CO. The lowest BCUT2D eigenvalue weighted by molar-refractivity contribution is 0.0609. The third-order valence-corrected chi connectivity index (χ3v) is 5.41. The maximum atomic E-state index is 10.2. The van der Waals surface area contributed by atoms with Crippen molar-refractivity contribution in [1.29, 1.82) is 0 Å². The Morgan fingerprint density at radius 3 is 2.29 bits per heavy atom. The van der Waals surface area contributed by atoms with Crippen LogP contribution in [-0.2, 0) is 6.42 Å². The van der Waals surface area contributed by atoms with E-state index in [9.17, 15) is 15.3 Å². The van der Waals surface area contributed by atoms with E-state index < -0.39 is 12.2 Å². The van der Waals surface area contributed by atoms with E-state index in [2.05, 4.69) is 0 Å². The number of hydrogen-bond acceptors (Lipinski definition) is 8. The molecule has 0 spiro atoms. The Morgan fingerprint density at radius 1 is 0.935 bits per heavy atom. The van der Waals surface area contributed by atoms with Gasteiger partial charge in [-0.25, -0.2) is 0 Å². The van der Waals surface area contributed by atoms with Crippen molar-refractivity contribution in [3.63, 3.8) is 0 Å². The van der Waals surface area contributed by atoms with E-state index in [1.165, 1.54) is 7.11 Å². The van der Waals surface area contributed by atoms with Crippen LogP contribution in [0.4, 0.5) is 0 Å². The molecule has 1 aliphatic rings. The molecule has 0 saturated carbocycles. The van der Waals surface area contributed by atoms with Crippen molar-refractivity contribution in [2.45, 2.75) is 31.0 Å². The van der Waals surface area contributed by atoms with Gasteiger partial charge in [0.1, 0.15) is 12.2 Å². The number of aryl methyl sites for hydroxylation is 1. The molecule has 2 unspecified atom stereocenters. The Labute approximate surface area is 181 Å². The van der Waals surface area contributed by atoms with E-state index in [0.717, 1.165) is 16.7 Å². The number of benzene rings is 2. The lowest BCUT2D eigenvalue weighted by Gasteiger charge is -2.21. The molecule has 0 bridgehead atoms. The Balaban J connectivity index is 1.93. The number of fused-ring (bicyclic) bond motifs is 1. The van der Waals surface area contributed by atoms with E-state index in [-0.39, 0.29) is 32.3 Å². The van der Waals surface area contributed by atoms with Gasteiger partial charge in [-0.05, 0) is 42.2 Å². The first-order valence-electron chi connectivity index (χ1n) is 10.3. The zero-order valence-electron chi connectivity index (χ0n) is 17.8. The van der Waals surface area contributed by atoms with Crippen LogP contribution in [0.2, 0.25) is 0 Å². The summed E-state index contributed by atoms with van der Waals surface area (Å²) in [7, 11) is 3.08. The largest absolute Gasteiger partial charge is 0.493 e. The summed E-state index contributed by atoms with van der Waals surface area (Å²) in [5.41, 5.74) is 2.65. The van der Waals surface area contributed by atoms with Crippen molar-refractivity contribution in [2.24, 2.45) is 0 Å². The average Bonchev–Trinajstić information content (AvgIpc) is 3.19. The van der Waals surface area contributed by atoms with Crippen LogP contribution >= 0.6 is 0 Å². The Hall–Kier alpha value is -2.52. The fourth-order valence-electron chi connectivity index (χ4n) is 3.80. The van der Waals surface area contributed by atoms with Crippen LogP contribution in [0.25, 0.3) is 0 Å². The van der Waals surface area contributed by atoms with Crippen LogP contribution in [-0.4, -0.2) is 67.2 Å². The highest BCUT2D eigenvalue weighted by Crippen LogP contribution is 2.51. The van der Waals surface area contributed by atoms with Gasteiger partial charge >= 0.3 is 0 Å². The van der Waals surface area contributed by atoms with Crippen molar-refractivity contribution >= 4 is 0 Å². The summed E-state index contributed by atoms with van der Waals surface area (Å²) >= 11 is 0. The molecule has 0 amide bonds. The van der Waals surface area contributed by atoms with Crippen LogP contribution < -0.4 is 18.9 Å². The maximum absolute atomic E-state index is 10.2. The summed E-state index contributed by atoms with van der Waals surface area (Å²) in [6, 6.07) is 9.15. The second kappa shape index (κ2) is 10.7. The molecule has 0 aliphatic carbocycles. The van der Waals surface area contributed by atoms with Crippen molar-refractivity contribution in [2.75, 3.05) is 40.6 Å². The number of hydrogen-bond donors (Lipinski definition) is 4. The molecule has 0 saturated heterocycles. The molecule has 4 N–H and O–H groups in total. The highest BCUT2D eigenvalue weighted by atomic mass is 16.5. The second-order valence-electron chi connectivity index (χ2n) is 7.39. The van der Waals surface area contributed by atoms with E-state index in [1.807, 2.05) is 18.2 Å². The number of methoxy groups -OCH3 is 2. The fourth-order valence-corrected chi connectivity index (χ4v) is 3.80. The average molecular weight is 434 g/mol. The molecular formula is C23H30O8. The standard InChI is InChI=1S/C23H30O8/c1-28-20-10-15(5-6-19(20)30-16(11-25)12-26)22-18(13-27)17-8-14(4-3-7-24)9-21(29-2)23(17)31-22/h5-6,8-10,16,18,22,24-27H,3-4,7,11-13H2,1-2H3. The summed E-state index contributed by atoms with van der Waals surface area (Å²) < 4.78 is 22.8. The van der Waals surface area contributed by atoms with Crippen LogP contribution in [0.5, 0.6) is 23.0 Å². The van der Waals surface area contributed by atoms with Gasteiger partial charge in [-0.15, -0.1) is 0 Å². The molecule has 3 rings (SSSR count). The molecule has 31 heavy (non-hydrogen) atoms. The van der Waals surface area contributed by atoms with Crippen molar-refractivity contribution < 1.29 is 39.4 Å². The smallest absolute Gasteiger partial charge is 0.165 e. The number of aliphatic hydroxyl groups is 4. The summed E-state index contributed by atoms with van der Waals surface area (Å²) in [5.74, 6) is 1.69. The molecule has 2 aromatic carbocycles. The van der Waals surface area contributed by atoms with Gasteiger partial charge in [0.25, 0.3) is 0 Å².